The smallest absolute Gasteiger partial charge is 0.315 e. The first-order valence-corrected chi connectivity index (χ1v) is 16.6. The van der Waals surface area contributed by atoms with E-state index in [9.17, 15) is 4.79 Å². The molecule has 0 bridgehead atoms. The van der Waals surface area contributed by atoms with E-state index in [4.69, 9.17) is 9.47 Å². The predicted octanol–water partition coefficient (Wildman–Crippen LogP) is 7.04. The van der Waals surface area contributed by atoms with Crippen LogP contribution in [0.2, 0.25) is 0 Å². The van der Waals surface area contributed by atoms with Crippen molar-refractivity contribution in [3.8, 4) is 0 Å². The monoisotopic (exact) mass is 526 g/mol. The summed E-state index contributed by atoms with van der Waals surface area (Å²) in [6.07, 6.45) is 17.9. The van der Waals surface area contributed by atoms with Crippen molar-refractivity contribution in [3.05, 3.63) is 0 Å². The molecule has 214 valence electrons. The molecule has 2 saturated heterocycles. The number of fused-ring (bicyclic) bond motifs is 7. The molecule has 5 nitrogen and oxygen atoms in total. The first kappa shape index (κ1) is 26.1. The predicted molar refractivity (Wildman–Crippen MR) is 149 cm³/mol. The number of urea groups is 1. The quantitative estimate of drug-likeness (QED) is 0.406. The van der Waals surface area contributed by atoms with Crippen molar-refractivity contribution < 1.29 is 14.3 Å². The van der Waals surface area contributed by atoms with Crippen molar-refractivity contribution in [3.63, 3.8) is 0 Å². The van der Waals surface area contributed by atoms with Crippen LogP contribution < -0.4 is 10.6 Å². The zero-order valence-electron chi connectivity index (χ0n) is 24.6. The first-order chi connectivity index (χ1) is 18.2. The fraction of sp³-hybridized carbons (Fsp3) is 0.970. The third kappa shape index (κ3) is 3.94. The number of nitrogens with one attached hydrogen (secondary N) is 2. The van der Waals surface area contributed by atoms with Crippen LogP contribution in [0.1, 0.15) is 118 Å². The second-order valence-electron chi connectivity index (χ2n) is 15.7. The van der Waals surface area contributed by atoms with Gasteiger partial charge in [0, 0.05) is 24.4 Å². The van der Waals surface area contributed by atoms with Crippen LogP contribution in [0.25, 0.3) is 0 Å². The molecule has 7 rings (SSSR count). The molecule has 0 aromatic heterocycles. The minimum Gasteiger partial charge on any atom is -0.349 e. The van der Waals surface area contributed by atoms with E-state index in [-0.39, 0.29) is 11.8 Å². The molecule has 7 fully saturated rings. The van der Waals surface area contributed by atoms with Gasteiger partial charge in [0.25, 0.3) is 0 Å². The van der Waals surface area contributed by atoms with Crippen molar-refractivity contribution in [2.45, 2.75) is 142 Å². The van der Waals surface area contributed by atoms with Crippen molar-refractivity contribution in [1.29, 1.82) is 0 Å². The van der Waals surface area contributed by atoms with Gasteiger partial charge >= 0.3 is 6.03 Å². The van der Waals surface area contributed by atoms with Crippen LogP contribution in [-0.2, 0) is 9.47 Å². The van der Waals surface area contributed by atoms with E-state index in [0.29, 0.717) is 46.8 Å². The highest BCUT2D eigenvalue weighted by Crippen LogP contribution is 2.71. The van der Waals surface area contributed by atoms with E-state index < -0.39 is 0 Å². The lowest BCUT2D eigenvalue weighted by atomic mass is 9.44. The van der Waals surface area contributed by atoms with Gasteiger partial charge in [-0.1, -0.05) is 40.5 Å². The minimum atomic E-state index is -0.300. The number of carbonyl (C=O) groups is 1. The van der Waals surface area contributed by atoms with Gasteiger partial charge in [0.2, 0.25) is 0 Å². The number of ether oxygens (including phenoxy) is 2. The van der Waals surface area contributed by atoms with Gasteiger partial charge in [-0.3, -0.25) is 0 Å². The van der Waals surface area contributed by atoms with Gasteiger partial charge < -0.3 is 20.1 Å². The summed E-state index contributed by atoms with van der Waals surface area (Å²) in [6.45, 7) is 11.0. The molecule has 2 N–H and O–H groups in total. The Morgan fingerprint density at radius 2 is 1.55 bits per heavy atom. The van der Waals surface area contributed by atoms with Crippen LogP contribution in [0.3, 0.4) is 0 Å². The number of carbonyl (C=O) groups excluding carboxylic acids is 1. The molecule has 2 heterocycles. The maximum absolute atomic E-state index is 12.7. The third-order valence-corrected chi connectivity index (χ3v) is 14.0. The maximum Gasteiger partial charge on any atom is 0.315 e. The lowest BCUT2D eigenvalue weighted by Gasteiger charge is -2.61. The fourth-order valence-corrected chi connectivity index (χ4v) is 11.9. The summed E-state index contributed by atoms with van der Waals surface area (Å²) >= 11 is 0. The number of hydrogen-bond donors (Lipinski definition) is 2. The highest BCUT2D eigenvalue weighted by atomic mass is 16.7. The Morgan fingerprint density at radius 3 is 2.32 bits per heavy atom. The summed E-state index contributed by atoms with van der Waals surface area (Å²) in [4.78, 5) is 12.7. The second kappa shape index (κ2) is 9.36. The molecule has 0 aromatic carbocycles. The summed E-state index contributed by atoms with van der Waals surface area (Å²) in [5, 5.41) is 6.65. The average Bonchev–Trinajstić information content (AvgIpc) is 3.57. The summed E-state index contributed by atoms with van der Waals surface area (Å²) in [7, 11) is 0. The van der Waals surface area contributed by atoms with E-state index in [2.05, 4.69) is 38.3 Å². The molecular formula is C33H54N2O3. The highest BCUT2D eigenvalue weighted by molar-refractivity contribution is 5.74. The lowest BCUT2D eigenvalue weighted by Crippen LogP contribution is -2.56. The van der Waals surface area contributed by atoms with Gasteiger partial charge in [-0.05, 0) is 117 Å². The van der Waals surface area contributed by atoms with Crippen LogP contribution in [0.15, 0.2) is 0 Å². The third-order valence-electron chi connectivity index (χ3n) is 14.0. The Balaban J connectivity index is 1.02. The Bertz CT molecular complexity index is 910. The van der Waals surface area contributed by atoms with Crippen LogP contribution in [0.4, 0.5) is 4.79 Å². The van der Waals surface area contributed by atoms with E-state index in [1.54, 1.807) is 0 Å². The Hall–Kier alpha value is -0.810. The van der Waals surface area contributed by atoms with Crippen molar-refractivity contribution in [2.24, 2.45) is 52.3 Å². The first-order valence-electron chi connectivity index (χ1n) is 16.6. The topological polar surface area (TPSA) is 59.6 Å². The maximum atomic E-state index is 12.7. The van der Waals surface area contributed by atoms with Gasteiger partial charge in [-0.25, -0.2) is 4.79 Å². The van der Waals surface area contributed by atoms with Crippen LogP contribution >= 0.6 is 0 Å². The van der Waals surface area contributed by atoms with Crippen molar-refractivity contribution in [1.82, 2.24) is 10.6 Å². The van der Waals surface area contributed by atoms with Crippen LogP contribution in [0.5, 0.6) is 0 Å². The molecule has 38 heavy (non-hydrogen) atoms. The molecule has 0 aromatic rings. The van der Waals surface area contributed by atoms with E-state index >= 15 is 0 Å². The van der Waals surface area contributed by atoms with E-state index in [0.717, 1.165) is 56.0 Å². The van der Waals surface area contributed by atoms with Crippen LogP contribution in [0, 0.1) is 52.3 Å². The number of rotatable bonds is 2. The van der Waals surface area contributed by atoms with Gasteiger partial charge in [0.15, 0.2) is 5.79 Å². The zero-order valence-corrected chi connectivity index (χ0v) is 24.6. The second-order valence-corrected chi connectivity index (χ2v) is 15.7. The summed E-state index contributed by atoms with van der Waals surface area (Å²) in [5.41, 5.74) is 0.847. The molecule has 0 radical (unpaired) electrons. The van der Waals surface area contributed by atoms with Gasteiger partial charge in [0.05, 0.1) is 12.7 Å². The van der Waals surface area contributed by atoms with Gasteiger partial charge in [-0.2, -0.15) is 0 Å². The number of hydrogen-bond acceptors (Lipinski definition) is 3. The molecule has 5 saturated carbocycles. The fourth-order valence-electron chi connectivity index (χ4n) is 11.9. The van der Waals surface area contributed by atoms with Gasteiger partial charge in [0.1, 0.15) is 0 Å². The molecule has 2 aliphatic heterocycles. The standard InChI is InChI=1S/C33H54N2O3/c1-20-11-16-33(37-19-20)21(2)29-28(38-33)18-27-25-10-9-22-17-24(35-30(36)34-23-7-5-6-8-23)12-14-31(22,3)26(25)13-15-32(27,29)4/h20-29H,5-19H2,1-4H3,(H2,34,35,36)/t20-,21-,22+,24+,25+,26-,27-,28-,29-,31-,32-,33+/m0/s1. The molecule has 1 spiro atoms. The molecular weight excluding hydrogens is 472 g/mol. The SMILES string of the molecule is C[C@H]1CC[C@@]2(OC1)O[C@H]1C[C@H]3[C@@H]4CC[C@@H]5C[C@H](NC(=O)NC6CCCC6)CC[C@]5(C)[C@H]4CC[C@]3(C)[C@H]1[C@@H]2C. The Labute approximate surface area is 231 Å². The summed E-state index contributed by atoms with van der Waals surface area (Å²) < 4.78 is 13.5. The van der Waals surface area contributed by atoms with Crippen LogP contribution in [-0.4, -0.2) is 36.6 Å². The van der Waals surface area contributed by atoms with E-state index in [1.807, 2.05) is 0 Å². The average molecular weight is 527 g/mol. The lowest BCUT2D eigenvalue weighted by molar-refractivity contribution is -0.273. The largest absolute Gasteiger partial charge is 0.349 e. The molecule has 7 aliphatic rings. The van der Waals surface area contributed by atoms with Gasteiger partial charge in [-0.15, -0.1) is 0 Å². The molecule has 0 unspecified atom stereocenters. The Morgan fingerprint density at radius 1 is 0.789 bits per heavy atom. The minimum absolute atomic E-state index is 0.0911. The number of amides is 2. The van der Waals surface area contributed by atoms with Crippen molar-refractivity contribution in [2.75, 3.05) is 6.61 Å². The Kier molecular flexibility index (Phi) is 6.43. The summed E-state index contributed by atoms with van der Waals surface area (Å²) in [5.74, 6) is 4.81. The molecule has 5 aliphatic carbocycles. The molecule has 12 atom stereocenters. The molecule has 2 amide bonds. The van der Waals surface area contributed by atoms with Crippen molar-refractivity contribution >= 4 is 6.03 Å². The molecule has 5 heteroatoms. The van der Waals surface area contributed by atoms with E-state index in [1.165, 1.54) is 64.2 Å². The zero-order chi connectivity index (χ0) is 26.3. The summed E-state index contributed by atoms with van der Waals surface area (Å²) in [6, 6.07) is 0.847. The normalized spacial score (nSPS) is 54.2. The highest BCUT2D eigenvalue weighted by Gasteiger charge is 2.69.